The van der Waals surface area contributed by atoms with E-state index >= 15 is 0 Å². The molecule has 2 rings (SSSR count). The predicted octanol–water partition coefficient (Wildman–Crippen LogP) is 2.91. The summed E-state index contributed by atoms with van der Waals surface area (Å²) < 4.78 is 5.44. The van der Waals surface area contributed by atoms with E-state index in [-0.39, 0.29) is 11.3 Å². The van der Waals surface area contributed by atoms with Crippen molar-refractivity contribution in [1.82, 2.24) is 15.0 Å². The molecule has 90 valence electrons. The lowest BCUT2D eigenvalue weighted by molar-refractivity contribution is 0.453. The van der Waals surface area contributed by atoms with Crippen molar-refractivity contribution in [2.24, 2.45) is 0 Å². The van der Waals surface area contributed by atoms with Crippen LogP contribution < -0.4 is 5.32 Å². The van der Waals surface area contributed by atoms with Crippen LogP contribution in [0.1, 0.15) is 30.2 Å². The first-order valence-electron chi connectivity index (χ1n) is 5.24. The zero-order valence-corrected chi connectivity index (χ0v) is 10.6. The first kappa shape index (κ1) is 11.9. The summed E-state index contributed by atoms with van der Waals surface area (Å²) in [6.07, 6.45) is 3.36. The molecule has 0 fully saturated rings. The van der Waals surface area contributed by atoms with E-state index in [2.05, 4.69) is 20.3 Å². The molecule has 0 saturated carbocycles. The van der Waals surface area contributed by atoms with E-state index in [1.54, 1.807) is 12.4 Å². The molecule has 0 aliphatic rings. The van der Waals surface area contributed by atoms with E-state index in [4.69, 9.17) is 16.0 Å². The molecule has 0 amide bonds. The Morgan fingerprint density at radius 1 is 1.29 bits per heavy atom. The van der Waals surface area contributed by atoms with Crippen molar-refractivity contribution >= 4 is 17.4 Å². The van der Waals surface area contributed by atoms with Gasteiger partial charge in [0.2, 0.25) is 11.2 Å². The quantitative estimate of drug-likeness (QED) is 0.851. The van der Waals surface area contributed by atoms with Crippen LogP contribution in [0, 0.1) is 13.8 Å². The Hall–Kier alpha value is -1.62. The highest BCUT2D eigenvalue weighted by Gasteiger charge is 2.13. The fraction of sp³-hybridized carbons (Fsp3) is 0.364. The van der Waals surface area contributed by atoms with E-state index in [0.29, 0.717) is 11.7 Å². The van der Waals surface area contributed by atoms with Gasteiger partial charge in [-0.25, -0.2) is 15.0 Å². The first-order valence-corrected chi connectivity index (χ1v) is 5.62. The SMILES string of the molecule is Cc1cnc(C(C)Nc2nc(Cl)ncc2C)o1. The van der Waals surface area contributed by atoms with Crippen molar-refractivity contribution < 1.29 is 4.42 Å². The number of hydrogen-bond donors (Lipinski definition) is 1. The number of halogens is 1. The van der Waals surface area contributed by atoms with Crippen LogP contribution in [0.2, 0.25) is 5.28 Å². The number of aromatic nitrogens is 3. The van der Waals surface area contributed by atoms with Gasteiger partial charge in [-0.05, 0) is 32.4 Å². The highest BCUT2D eigenvalue weighted by atomic mass is 35.5. The van der Waals surface area contributed by atoms with Gasteiger partial charge in [0.05, 0.1) is 6.20 Å². The van der Waals surface area contributed by atoms with E-state index in [1.807, 2.05) is 20.8 Å². The van der Waals surface area contributed by atoms with Gasteiger partial charge in [-0.1, -0.05) is 0 Å². The summed E-state index contributed by atoms with van der Waals surface area (Å²) in [6.45, 7) is 5.71. The largest absolute Gasteiger partial charge is 0.444 e. The minimum absolute atomic E-state index is 0.0756. The van der Waals surface area contributed by atoms with Crippen LogP contribution >= 0.6 is 11.6 Å². The van der Waals surface area contributed by atoms with Crippen LogP contribution in [-0.4, -0.2) is 15.0 Å². The van der Waals surface area contributed by atoms with Crippen LogP contribution in [0.5, 0.6) is 0 Å². The molecule has 1 N–H and O–H groups in total. The Morgan fingerprint density at radius 2 is 2.06 bits per heavy atom. The molecule has 1 unspecified atom stereocenters. The zero-order valence-electron chi connectivity index (χ0n) is 9.86. The molecule has 0 saturated heterocycles. The molecule has 0 aromatic carbocycles. The zero-order chi connectivity index (χ0) is 12.4. The van der Waals surface area contributed by atoms with Gasteiger partial charge in [0.15, 0.2) is 0 Å². The van der Waals surface area contributed by atoms with Gasteiger partial charge in [0, 0.05) is 11.8 Å². The molecule has 0 aliphatic heterocycles. The maximum Gasteiger partial charge on any atom is 0.224 e. The van der Waals surface area contributed by atoms with Crippen molar-refractivity contribution in [3.05, 3.63) is 34.9 Å². The van der Waals surface area contributed by atoms with Gasteiger partial charge in [-0.2, -0.15) is 0 Å². The Bertz CT molecular complexity index is 526. The number of nitrogens with one attached hydrogen (secondary N) is 1. The van der Waals surface area contributed by atoms with Gasteiger partial charge in [-0.15, -0.1) is 0 Å². The maximum atomic E-state index is 5.75. The van der Waals surface area contributed by atoms with Crippen LogP contribution in [-0.2, 0) is 0 Å². The van der Waals surface area contributed by atoms with Crippen LogP contribution in [0.25, 0.3) is 0 Å². The van der Waals surface area contributed by atoms with Crippen molar-refractivity contribution in [2.45, 2.75) is 26.8 Å². The van der Waals surface area contributed by atoms with Crippen molar-refractivity contribution in [3.63, 3.8) is 0 Å². The molecule has 0 bridgehead atoms. The summed E-state index contributed by atoms with van der Waals surface area (Å²) in [6, 6.07) is -0.0756. The lowest BCUT2D eigenvalue weighted by Gasteiger charge is -2.12. The van der Waals surface area contributed by atoms with Gasteiger partial charge >= 0.3 is 0 Å². The molecular weight excluding hydrogens is 240 g/mol. The van der Waals surface area contributed by atoms with Gasteiger partial charge in [0.25, 0.3) is 0 Å². The molecule has 0 spiro atoms. The van der Waals surface area contributed by atoms with Gasteiger partial charge in [0.1, 0.15) is 17.6 Å². The lowest BCUT2D eigenvalue weighted by atomic mass is 10.3. The van der Waals surface area contributed by atoms with Gasteiger partial charge < -0.3 is 9.73 Å². The third-order valence-electron chi connectivity index (χ3n) is 2.31. The molecular formula is C11H13ClN4O. The molecule has 0 aliphatic carbocycles. The minimum Gasteiger partial charge on any atom is -0.444 e. The Morgan fingerprint density at radius 3 is 2.71 bits per heavy atom. The summed E-state index contributed by atoms with van der Waals surface area (Å²) in [5.74, 6) is 2.09. The summed E-state index contributed by atoms with van der Waals surface area (Å²) in [7, 11) is 0. The van der Waals surface area contributed by atoms with E-state index in [9.17, 15) is 0 Å². The van der Waals surface area contributed by atoms with E-state index in [0.717, 1.165) is 11.3 Å². The Labute approximate surface area is 104 Å². The average molecular weight is 253 g/mol. The molecule has 1 atom stereocenters. The highest BCUT2D eigenvalue weighted by Crippen LogP contribution is 2.20. The Kier molecular flexibility index (Phi) is 3.28. The summed E-state index contributed by atoms with van der Waals surface area (Å²) in [5.41, 5.74) is 0.921. The highest BCUT2D eigenvalue weighted by molar-refractivity contribution is 6.28. The van der Waals surface area contributed by atoms with Crippen LogP contribution in [0.3, 0.4) is 0 Å². The van der Waals surface area contributed by atoms with Crippen LogP contribution in [0.4, 0.5) is 5.82 Å². The van der Waals surface area contributed by atoms with Crippen molar-refractivity contribution in [3.8, 4) is 0 Å². The number of rotatable bonds is 3. The normalized spacial score (nSPS) is 12.5. The van der Waals surface area contributed by atoms with E-state index < -0.39 is 0 Å². The number of aryl methyl sites for hydroxylation is 2. The summed E-state index contributed by atoms with van der Waals surface area (Å²) >= 11 is 5.75. The lowest BCUT2D eigenvalue weighted by Crippen LogP contribution is -2.10. The third-order valence-corrected chi connectivity index (χ3v) is 2.49. The molecule has 2 aromatic heterocycles. The third kappa shape index (κ3) is 2.74. The average Bonchev–Trinajstić information content (AvgIpc) is 2.70. The number of anilines is 1. The molecule has 5 nitrogen and oxygen atoms in total. The second-order valence-electron chi connectivity index (χ2n) is 3.85. The fourth-order valence-electron chi connectivity index (χ4n) is 1.41. The summed E-state index contributed by atoms with van der Waals surface area (Å²) in [5, 5.41) is 3.41. The monoisotopic (exact) mass is 252 g/mol. The standard InChI is InChI=1S/C11H13ClN4O/c1-6-4-14-11(12)16-9(6)15-8(3)10-13-5-7(2)17-10/h4-5,8H,1-3H3,(H,14,15,16). The second kappa shape index (κ2) is 4.71. The Balaban J connectivity index is 2.18. The number of oxazole rings is 1. The van der Waals surface area contributed by atoms with Crippen molar-refractivity contribution in [1.29, 1.82) is 0 Å². The van der Waals surface area contributed by atoms with Crippen LogP contribution in [0.15, 0.2) is 16.8 Å². The molecule has 17 heavy (non-hydrogen) atoms. The molecule has 2 aromatic rings. The maximum absolute atomic E-state index is 5.75. The summed E-state index contributed by atoms with van der Waals surface area (Å²) in [4.78, 5) is 12.2. The minimum atomic E-state index is -0.0756. The first-order chi connectivity index (χ1) is 8.06. The molecule has 6 heteroatoms. The topological polar surface area (TPSA) is 63.8 Å². The molecule has 2 heterocycles. The number of hydrogen-bond acceptors (Lipinski definition) is 5. The smallest absolute Gasteiger partial charge is 0.224 e. The predicted molar refractivity (Wildman–Crippen MR) is 65.1 cm³/mol. The van der Waals surface area contributed by atoms with E-state index in [1.165, 1.54) is 0 Å². The fourth-order valence-corrected chi connectivity index (χ4v) is 1.54. The van der Waals surface area contributed by atoms with Gasteiger partial charge in [-0.3, -0.25) is 0 Å². The number of nitrogens with zero attached hydrogens (tertiary/aromatic N) is 3. The second-order valence-corrected chi connectivity index (χ2v) is 4.18. The molecule has 0 radical (unpaired) electrons. The van der Waals surface area contributed by atoms with Crippen molar-refractivity contribution in [2.75, 3.05) is 5.32 Å².